The number of carbonyl (C=O) groups excluding carboxylic acids is 1. The van der Waals surface area contributed by atoms with Gasteiger partial charge in [0.15, 0.2) is 0 Å². The molecular formula is C23H37ClN4O. The van der Waals surface area contributed by atoms with Crippen molar-refractivity contribution in [1.29, 1.82) is 0 Å². The zero-order chi connectivity index (χ0) is 20.8. The first-order chi connectivity index (χ1) is 13.9. The molecule has 0 spiro atoms. The summed E-state index contributed by atoms with van der Waals surface area (Å²) >= 11 is 6.18. The molecule has 0 unspecified atom stereocenters. The molecule has 0 aromatic heterocycles. The largest absolute Gasteiger partial charge is 0.353 e. The number of halogens is 1. The second-order valence-electron chi connectivity index (χ2n) is 8.95. The average molecular weight is 421 g/mol. The van der Waals surface area contributed by atoms with Crippen molar-refractivity contribution < 1.29 is 4.79 Å². The van der Waals surface area contributed by atoms with Crippen LogP contribution < -0.4 is 10.6 Å². The van der Waals surface area contributed by atoms with Gasteiger partial charge in [0.05, 0.1) is 6.04 Å². The van der Waals surface area contributed by atoms with E-state index >= 15 is 0 Å². The standard InChI is InChI=1S/C23H37ClN4O/c1-4-10-27-11-8-20(9-12-27)26-21-14-22(23(29)25-17(2)3)28(16-21)15-18-6-5-7-19(24)13-18/h5-7,13,17,20-22,26H,4,8-12,14-16H2,1-3H3,(H,25,29)/t21-,22+/m1/s1. The summed E-state index contributed by atoms with van der Waals surface area (Å²) in [5, 5.41) is 7.73. The first-order valence-corrected chi connectivity index (χ1v) is 11.6. The Kier molecular flexibility index (Phi) is 8.36. The number of nitrogens with zero attached hydrogens (tertiary/aromatic N) is 2. The van der Waals surface area contributed by atoms with Gasteiger partial charge in [0, 0.05) is 36.2 Å². The maximum absolute atomic E-state index is 12.9. The lowest BCUT2D eigenvalue weighted by atomic mass is 10.0. The molecule has 2 N–H and O–H groups in total. The first kappa shape index (κ1) is 22.5. The molecule has 2 aliphatic heterocycles. The van der Waals surface area contributed by atoms with Gasteiger partial charge in [0.1, 0.15) is 0 Å². The predicted octanol–water partition coefficient (Wildman–Crippen LogP) is 3.27. The molecule has 1 aromatic carbocycles. The minimum absolute atomic E-state index is 0.0888. The molecule has 2 fully saturated rings. The second kappa shape index (κ2) is 10.8. The molecule has 162 valence electrons. The Labute approximate surface area is 181 Å². The van der Waals surface area contributed by atoms with E-state index in [1.165, 1.54) is 38.9 Å². The van der Waals surface area contributed by atoms with Crippen LogP contribution >= 0.6 is 11.6 Å². The van der Waals surface area contributed by atoms with Gasteiger partial charge in [-0.25, -0.2) is 0 Å². The van der Waals surface area contributed by atoms with E-state index in [-0.39, 0.29) is 18.0 Å². The van der Waals surface area contributed by atoms with Crippen molar-refractivity contribution in [2.24, 2.45) is 0 Å². The molecular weight excluding hydrogens is 384 g/mol. The quantitative estimate of drug-likeness (QED) is 0.677. The lowest BCUT2D eigenvalue weighted by molar-refractivity contribution is -0.126. The molecule has 5 nitrogen and oxygen atoms in total. The third-order valence-electron chi connectivity index (χ3n) is 6.01. The highest BCUT2D eigenvalue weighted by molar-refractivity contribution is 6.30. The van der Waals surface area contributed by atoms with Crippen LogP contribution in [0.1, 0.15) is 52.0 Å². The molecule has 0 bridgehead atoms. The van der Waals surface area contributed by atoms with Crippen molar-refractivity contribution in [3.8, 4) is 0 Å². The Morgan fingerprint density at radius 2 is 2.00 bits per heavy atom. The second-order valence-corrected chi connectivity index (χ2v) is 9.39. The molecule has 6 heteroatoms. The summed E-state index contributed by atoms with van der Waals surface area (Å²) < 4.78 is 0. The van der Waals surface area contributed by atoms with Gasteiger partial charge in [-0.2, -0.15) is 0 Å². The summed E-state index contributed by atoms with van der Waals surface area (Å²) in [6.07, 6.45) is 4.50. The molecule has 1 amide bonds. The predicted molar refractivity (Wildman–Crippen MR) is 120 cm³/mol. The van der Waals surface area contributed by atoms with Crippen LogP contribution in [0.3, 0.4) is 0 Å². The van der Waals surface area contributed by atoms with E-state index in [1.807, 2.05) is 32.0 Å². The Bertz CT molecular complexity index is 660. The number of likely N-dealkylation sites (tertiary alicyclic amines) is 2. The highest BCUT2D eigenvalue weighted by Crippen LogP contribution is 2.24. The van der Waals surface area contributed by atoms with Gasteiger partial charge in [-0.3, -0.25) is 9.69 Å². The van der Waals surface area contributed by atoms with Crippen molar-refractivity contribution in [3.63, 3.8) is 0 Å². The van der Waals surface area contributed by atoms with Gasteiger partial charge >= 0.3 is 0 Å². The van der Waals surface area contributed by atoms with E-state index in [4.69, 9.17) is 11.6 Å². The van der Waals surface area contributed by atoms with E-state index in [9.17, 15) is 4.79 Å². The van der Waals surface area contributed by atoms with Crippen molar-refractivity contribution in [1.82, 2.24) is 20.4 Å². The molecule has 29 heavy (non-hydrogen) atoms. The third-order valence-corrected chi connectivity index (χ3v) is 6.25. The zero-order valence-corrected chi connectivity index (χ0v) is 18.9. The summed E-state index contributed by atoms with van der Waals surface area (Å²) in [5.41, 5.74) is 1.16. The summed E-state index contributed by atoms with van der Waals surface area (Å²) in [5.74, 6) is 0.143. The number of piperidine rings is 1. The third kappa shape index (κ3) is 6.68. The van der Waals surface area contributed by atoms with Crippen LogP contribution in [0.25, 0.3) is 0 Å². The van der Waals surface area contributed by atoms with Crippen molar-refractivity contribution in [2.45, 2.75) is 77.2 Å². The topological polar surface area (TPSA) is 47.6 Å². The fraction of sp³-hybridized carbons (Fsp3) is 0.696. The number of hydrogen-bond donors (Lipinski definition) is 2. The van der Waals surface area contributed by atoms with Crippen LogP contribution in [0.4, 0.5) is 0 Å². The number of nitrogens with one attached hydrogen (secondary N) is 2. The molecule has 2 saturated heterocycles. The van der Waals surface area contributed by atoms with Gasteiger partial charge in [0.25, 0.3) is 0 Å². The van der Waals surface area contributed by atoms with Crippen LogP contribution in [0.15, 0.2) is 24.3 Å². The van der Waals surface area contributed by atoms with E-state index in [0.717, 1.165) is 30.1 Å². The Hall–Kier alpha value is -1.14. The molecule has 2 heterocycles. The number of amides is 1. The van der Waals surface area contributed by atoms with Crippen LogP contribution in [-0.4, -0.2) is 66.1 Å². The molecule has 3 rings (SSSR count). The van der Waals surface area contributed by atoms with Gasteiger partial charge in [-0.15, -0.1) is 0 Å². The van der Waals surface area contributed by atoms with E-state index in [2.05, 4.69) is 33.4 Å². The normalized spacial score (nSPS) is 24.3. The minimum atomic E-state index is -0.0888. The summed E-state index contributed by atoms with van der Waals surface area (Å²) in [7, 11) is 0. The molecule has 2 aliphatic rings. The average Bonchev–Trinajstić information content (AvgIpc) is 3.05. The van der Waals surface area contributed by atoms with Crippen molar-refractivity contribution >= 4 is 17.5 Å². The number of carbonyl (C=O) groups is 1. The lowest BCUT2D eigenvalue weighted by Crippen LogP contribution is -2.47. The number of rotatable bonds is 8. The minimum Gasteiger partial charge on any atom is -0.353 e. The molecule has 0 aliphatic carbocycles. The SMILES string of the molecule is CCCN1CCC(N[C@@H]2C[C@@H](C(=O)NC(C)C)N(Cc3cccc(Cl)c3)C2)CC1. The molecule has 1 aromatic rings. The molecule has 0 radical (unpaired) electrons. The Morgan fingerprint density at radius 1 is 1.24 bits per heavy atom. The summed E-state index contributed by atoms with van der Waals surface area (Å²) in [4.78, 5) is 17.7. The van der Waals surface area contributed by atoms with E-state index in [1.54, 1.807) is 0 Å². The highest BCUT2D eigenvalue weighted by Gasteiger charge is 2.37. The van der Waals surface area contributed by atoms with Crippen molar-refractivity contribution in [2.75, 3.05) is 26.2 Å². The molecule has 2 atom stereocenters. The lowest BCUT2D eigenvalue weighted by Gasteiger charge is -2.33. The highest BCUT2D eigenvalue weighted by atomic mass is 35.5. The smallest absolute Gasteiger partial charge is 0.237 e. The summed E-state index contributed by atoms with van der Waals surface area (Å²) in [6.45, 7) is 11.5. The monoisotopic (exact) mass is 420 g/mol. The van der Waals surface area contributed by atoms with Crippen LogP contribution in [0, 0.1) is 0 Å². The zero-order valence-electron chi connectivity index (χ0n) is 18.2. The van der Waals surface area contributed by atoms with Crippen LogP contribution in [0.2, 0.25) is 5.02 Å². The number of hydrogen-bond acceptors (Lipinski definition) is 4. The van der Waals surface area contributed by atoms with E-state index < -0.39 is 0 Å². The maximum atomic E-state index is 12.9. The first-order valence-electron chi connectivity index (χ1n) is 11.2. The van der Waals surface area contributed by atoms with Crippen LogP contribution in [0.5, 0.6) is 0 Å². The van der Waals surface area contributed by atoms with Crippen LogP contribution in [-0.2, 0) is 11.3 Å². The fourth-order valence-electron chi connectivity index (χ4n) is 4.70. The fourth-order valence-corrected chi connectivity index (χ4v) is 4.91. The van der Waals surface area contributed by atoms with Gasteiger partial charge in [-0.05, 0) is 76.9 Å². The molecule has 0 saturated carbocycles. The van der Waals surface area contributed by atoms with Gasteiger partial charge in [0.2, 0.25) is 5.91 Å². The summed E-state index contributed by atoms with van der Waals surface area (Å²) in [6, 6.07) is 8.97. The maximum Gasteiger partial charge on any atom is 0.237 e. The Balaban J connectivity index is 1.60. The van der Waals surface area contributed by atoms with Crippen molar-refractivity contribution in [3.05, 3.63) is 34.9 Å². The van der Waals surface area contributed by atoms with Gasteiger partial charge in [-0.1, -0.05) is 30.7 Å². The van der Waals surface area contributed by atoms with E-state index in [0.29, 0.717) is 12.1 Å². The number of benzene rings is 1. The Morgan fingerprint density at radius 3 is 2.66 bits per heavy atom. The van der Waals surface area contributed by atoms with Gasteiger partial charge < -0.3 is 15.5 Å².